The minimum atomic E-state index is -0.492. The number of rotatable bonds is 5. The van der Waals surface area contributed by atoms with Gasteiger partial charge in [-0.2, -0.15) is 0 Å². The zero-order chi connectivity index (χ0) is 21.3. The zero-order valence-corrected chi connectivity index (χ0v) is 16.5. The van der Waals surface area contributed by atoms with Crippen molar-refractivity contribution in [1.29, 1.82) is 0 Å². The number of aryl methyl sites for hydroxylation is 2. The van der Waals surface area contributed by atoms with E-state index in [1.807, 2.05) is 13.0 Å². The average molecular weight is 405 g/mol. The van der Waals surface area contributed by atoms with Crippen molar-refractivity contribution in [2.75, 3.05) is 0 Å². The van der Waals surface area contributed by atoms with Gasteiger partial charge in [0.25, 0.3) is 11.5 Å². The third kappa shape index (κ3) is 4.30. The normalized spacial score (nSPS) is 12.1. The predicted octanol–water partition coefficient (Wildman–Crippen LogP) is 3.99. The van der Waals surface area contributed by atoms with E-state index in [1.54, 1.807) is 37.3 Å². The number of hydrogen-bond donors (Lipinski definition) is 2. The Labute approximate surface area is 171 Å². The summed E-state index contributed by atoms with van der Waals surface area (Å²) in [5, 5.41) is 3.82. The maximum atomic E-state index is 13.4. The van der Waals surface area contributed by atoms with Gasteiger partial charge in [0.15, 0.2) is 0 Å². The number of nitrogens with one attached hydrogen (secondary N) is 2. The van der Waals surface area contributed by atoms with Crippen LogP contribution in [0.5, 0.6) is 0 Å². The third-order valence-corrected chi connectivity index (χ3v) is 4.81. The number of furan rings is 1. The van der Waals surface area contributed by atoms with E-state index >= 15 is 0 Å². The largest absolute Gasteiger partial charge is 0.461 e. The standard InChI is InChI=1S/C23H20FN3O3/c1-13-9-17-10-16(5-8-21(17)30-13)23(29)27-20(15-3-6-18(24)7-4-15)11-19-12-22(28)26-14(2)25-19/h3-10,12,20H,11H2,1-2H3,(H,27,29)(H,25,26,28)/t20-/m1/s1. The van der Waals surface area contributed by atoms with Crippen LogP contribution in [0, 0.1) is 19.7 Å². The van der Waals surface area contributed by atoms with E-state index in [9.17, 15) is 14.0 Å². The number of H-pyrrole nitrogens is 1. The molecule has 7 heteroatoms. The molecule has 2 heterocycles. The van der Waals surface area contributed by atoms with Crippen molar-refractivity contribution in [3.63, 3.8) is 0 Å². The summed E-state index contributed by atoms with van der Waals surface area (Å²) in [6, 6.07) is 13.9. The number of benzene rings is 2. The summed E-state index contributed by atoms with van der Waals surface area (Å²) in [5.41, 5.74) is 2.17. The van der Waals surface area contributed by atoms with E-state index in [0.29, 0.717) is 28.2 Å². The number of halogens is 1. The molecule has 0 aliphatic carbocycles. The lowest BCUT2D eigenvalue weighted by atomic mass is 10.0. The van der Waals surface area contributed by atoms with Crippen LogP contribution in [-0.4, -0.2) is 15.9 Å². The van der Waals surface area contributed by atoms with E-state index in [-0.39, 0.29) is 23.7 Å². The van der Waals surface area contributed by atoms with Gasteiger partial charge in [-0.1, -0.05) is 12.1 Å². The Hall–Kier alpha value is -3.74. The summed E-state index contributed by atoms with van der Waals surface area (Å²) in [7, 11) is 0. The quantitative estimate of drug-likeness (QED) is 0.526. The lowest BCUT2D eigenvalue weighted by Gasteiger charge is -2.19. The van der Waals surface area contributed by atoms with Gasteiger partial charge in [0.2, 0.25) is 0 Å². The van der Waals surface area contributed by atoms with Crippen molar-refractivity contribution in [2.24, 2.45) is 0 Å². The van der Waals surface area contributed by atoms with E-state index in [4.69, 9.17) is 4.42 Å². The van der Waals surface area contributed by atoms with Crippen LogP contribution in [0.2, 0.25) is 0 Å². The van der Waals surface area contributed by atoms with Crippen LogP contribution >= 0.6 is 0 Å². The monoisotopic (exact) mass is 405 g/mol. The molecule has 4 rings (SSSR count). The lowest BCUT2D eigenvalue weighted by Crippen LogP contribution is -2.30. The Morgan fingerprint density at radius 1 is 1.13 bits per heavy atom. The first-order chi connectivity index (χ1) is 14.4. The van der Waals surface area contributed by atoms with Crippen LogP contribution in [0.3, 0.4) is 0 Å². The van der Waals surface area contributed by atoms with Gasteiger partial charge in [-0.25, -0.2) is 9.37 Å². The Kier molecular flexibility index (Phi) is 5.18. The first-order valence-electron chi connectivity index (χ1n) is 9.51. The molecule has 2 N–H and O–H groups in total. The smallest absolute Gasteiger partial charge is 0.251 e. The molecule has 6 nitrogen and oxygen atoms in total. The number of nitrogens with zero attached hydrogens (tertiary/aromatic N) is 1. The maximum Gasteiger partial charge on any atom is 0.251 e. The van der Waals surface area contributed by atoms with Crippen molar-refractivity contribution < 1.29 is 13.6 Å². The Morgan fingerprint density at radius 3 is 2.63 bits per heavy atom. The highest BCUT2D eigenvalue weighted by atomic mass is 19.1. The summed E-state index contributed by atoms with van der Waals surface area (Å²) >= 11 is 0. The van der Waals surface area contributed by atoms with Crippen molar-refractivity contribution >= 4 is 16.9 Å². The number of carbonyl (C=O) groups excluding carboxylic acids is 1. The van der Waals surface area contributed by atoms with Crippen LogP contribution in [0.4, 0.5) is 4.39 Å². The molecular weight excluding hydrogens is 385 g/mol. The zero-order valence-electron chi connectivity index (χ0n) is 16.5. The molecule has 1 atom stereocenters. The summed E-state index contributed by atoms with van der Waals surface area (Å²) < 4.78 is 19.0. The molecule has 1 amide bonds. The van der Waals surface area contributed by atoms with Crippen LogP contribution in [-0.2, 0) is 6.42 Å². The second-order valence-corrected chi connectivity index (χ2v) is 7.21. The Balaban J connectivity index is 1.64. The molecule has 0 saturated heterocycles. The van der Waals surface area contributed by atoms with Gasteiger partial charge < -0.3 is 14.7 Å². The molecule has 0 fully saturated rings. The van der Waals surface area contributed by atoms with Crippen LogP contribution < -0.4 is 10.9 Å². The number of carbonyl (C=O) groups is 1. The molecule has 0 unspecified atom stereocenters. The fourth-order valence-electron chi connectivity index (χ4n) is 3.46. The van der Waals surface area contributed by atoms with Crippen molar-refractivity contribution in [2.45, 2.75) is 26.3 Å². The van der Waals surface area contributed by atoms with Gasteiger partial charge in [-0.05, 0) is 55.8 Å². The van der Waals surface area contributed by atoms with Crippen LogP contribution in [0.1, 0.15) is 39.2 Å². The maximum absolute atomic E-state index is 13.4. The third-order valence-electron chi connectivity index (χ3n) is 4.81. The average Bonchev–Trinajstić information content (AvgIpc) is 3.06. The van der Waals surface area contributed by atoms with E-state index < -0.39 is 6.04 Å². The molecule has 0 spiro atoms. The predicted molar refractivity (Wildman–Crippen MR) is 111 cm³/mol. The summed E-state index contributed by atoms with van der Waals surface area (Å²) in [4.78, 5) is 31.7. The van der Waals surface area contributed by atoms with Gasteiger partial charge in [0.1, 0.15) is 23.0 Å². The molecule has 0 aliphatic heterocycles. The minimum absolute atomic E-state index is 0.262. The van der Waals surface area contributed by atoms with Crippen molar-refractivity contribution in [3.05, 3.63) is 99.2 Å². The number of aromatic amines is 1. The highest BCUT2D eigenvalue weighted by Crippen LogP contribution is 2.22. The number of hydrogen-bond acceptors (Lipinski definition) is 4. The first-order valence-corrected chi connectivity index (χ1v) is 9.51. The van der Waals surface area contributed by atoms with Crippen molar-refractivity contribution in [1.82, 2.24) is 15.3 Å². The molecule has 0 radical (unpaired) electrons. The molecule has 2 aromatic heterocycles. The van der Waals surface area contributed by atoms with Crippen LogP contribution in [0.25, 0.3) is 11.0 Å². The van der Waals surface area contributed by atoms with E-state index in [2.05, 4.69) is 15.3 Å². The minimum Gasteiger partial charge on any atom is -0.461 e. The van der Waals surface area contributed by atoms with Gasteiger partial charge in [-0.3, -0.25) is 9.59 Å². The second-order valence-electron chi connectivity index (χ2n) is 7.21. The molecule has 0 bridgehead atoms. The fourth-order valence-corrected chi connectivity index (χ4v) is 3.46. The molecule has 0 aliphatic rings. The van der Waals surface area contributed by atoms with E-state index in [0.717, 1.165) is 11.1 Å². The summed E-state index contributed by atoms with van der Waals surface area (Å²) in [5.74, 6) is 0.603. The first kappa shape index (κ1) is 19.6. The number of aromatic nitrogens is 2. The summed E-state index contributed by atoms with van der Waals surface area (Å²) in [6.45, 7) is 3.54. The molecule has 2 aromatic carbocycles. The Morgan fingerprint density at radius 2 is 1.90 bits per heavy atom. The van der Waals surface area contributed by atoms with Gasteiger partial charge in [0, 0.05) is 23.4 Å². The molecule has 30 heavy (non-hydrogen) atoms. The number of fused-ring (bicyclic) bond motifs is 1. The summed E-state index contributed by atoms with van der Waals surface area (Å²) in [6.07, 6.45) is 0.287. The molecule has 152 valence electrons. The van der Waals surface area contributed by atoms with Gasteiger partial charge in [-0.15, -0.1) is 0 Å². The van der Waals surface area contributed by atoms with Crippen molar-refractivity contribution in [3.8, 4) is 0 Å². The second kappa shape index (κ2) is 7.94. The van der Waals surface area contributed by atoms with Gasteiger partial charge in [0.05, 0.1) is 11.7 Å². The molecule has 4 aromatic rings. The highest BCUT2D eigenvalue weighted by Gasteiger charge is 2.18. The number of amides is 1. The van der Waals surface area contributed by atoms with Crippen LogP contribution in [0.15, 0.2) is 63.8 Å². The van der Waals surface area contributed by atoms with Gasteiger partial charge >= 0.3 is 0 Å². The Bertz CT molecular complexity index is 1280. The molecule has 0 saturated carbocycles. The SMILES string of the molecule is Cc1nc(C[C@@H](NC(=O)c2ccc3oc(C)cc3c2)c2ccc(F)cc2)cc(=O)[nH]1. The highest BCUT2D eigenvalue weighted by molar-refractivity contribution is 5.98. The molecular formula is C23H20FN3O3. The fraction of sp³-hybridized carbons (Fsp3) is 0.174. The topological polar surface area (TPSA) is 88.0 Å². The van der Waals surface area contributed by atoms with E-state index in [1.165, 1.54) is 18.2 Å². The lowest BCUT2D eigenvalue weighted by molar-refractivity contribution is 0.0936.